The van der Waals surface area contributed by atoms with Crippen LogP contribution >= 0.6 is 0 Å². The van der Waals surface area contributed by atoms with Gasteiger partial charge in [-0.3, -0.25) is 0 Å². The van der Waals surface area contributed by atoms with E-state index in [1.165, 1.54) is 13.0 Å². The van der Waals surface area contributed by atoms with Gasteiger partial charge in [0.1, 0.15) is 11.5 Å². The Morgan fingerprint density at radius 3 is 2.79 bits per heavy atom. The van der Waals surface area contributed by atoms with Crippen LogP contribution in [0.15, 0.2) is 6.07 Å². The highest BCUT2D eigenvalue weighted by atomic mass is 19.3. The smallest absolute Gasteiger partial charge is 0.280 e. The molecule has 0 aromatic carbocycles. The highest BCUT2D eigenvalue weighted by Crippen LogP contribution is 2.23. The molecule has 2 N–H and O–H groups in total. The first-order valence-corrected chi connectivity index (χ1v) is 3.97. The first-order valence-electron chi connectivity index (χ1n) is 3.97. The number of hydrogen-bond acceptors (Lipinski definition) is 3. The SMILES string of the molecule is Cc1cc(CC#N)c(N)nc1C(F)F. The van der Waals surface area contributed by atoms with Crippen LogP contribution in [0, 0.1) is 18.3 Å². The minimum absolute atomic E-state index is 0.00690. The van der Waals surface area contributed by atoms with Gasteiger partial charge in [0, 0.05) is 5.56 Å². The summed E-state index contributed by atoms with van der Waals surface area (Å²) in [6.07, 6.45) is -2.54. The molecule has 0 atom stereocenters. The van der Waals surface area contributed by atoms with Gasteiger partial charge in [-0.05, 0) is 18.6 Å². The van der Waals surface area contributed by atoms with E-state index in [0.29, 0.717) is 11.1 Å². The van der Waals surface area contributed by atoms with Gasteiger partial charge in [0.2, 0.25) is 0 Å². The van der Waals surface area contributed by atoms with Crippen LogP contribution in [0.2, 0.25) is 0 Å². The molecule has 1 heterocycles. The van der Waals surface area contributed by atoms with Crippen molar-refractivity contribution in [1.29, 1.82) is 5.26 Å². The van der Waals surface area contributed by atoms with Crippen LogP contribution in [-0.4, -0.2) is 4.98 Å². The van der Waals surface area contributed by atoms with Crippen molar-refractivity contribution < 1.29 is 8.78 Å². The second-order valence-corrected chi connectivity index (χ2v) is 2.87. The lowest BCUT2D eigenvalue weighted by atomic mass is 10.1. The molecule has 14 heavy (non-hydrogen) atoms. The van der Waals surface area contributed by atoms with Crippen molar-refractivity contribution in [3.8, 4) is 6.07 Å². The highest BCUT2D eigenvalue weighted by molar-refractivity contribution is 5.45. The lowest BCUT2D eigenvalue weighted by Gasteiger charge is -2.07. The number of halogens is 2. The number of nitriles is 1. The van der Waals surface area contributed by atoms with Crippen molar-refractivity contribution in [1.82, 2.24) is 4.98 Å². The second kappa shape index (κ2) is 4.01. The van der Waals surface area contributed by atoms with Gasteiger partial charge < -0.3 is 5.73 Å². The number of alkyl halides is 2. The van der Waals surface area contributed by atoms with Gasteiger partial charge in [-0.1, -0.05) is 0 Å². The molecule has 5 heteroatoms. The molecule has 0 saturated carbocycles. The van der Waals surface area contributed by atoms with E-state index >= 15 is 0 Å². The van der Waals surface area contributed by atoms with Gasteiger partial charge >= 0.3 is 0 Å². The summed E-state index contributed by atoms with van der Waals surface area (Å²) in [5, 5.41) is 8.43. The molecule has 1 rings (SSSR count). The third-order valence-electron chi connectivity index (χ3n) is 1.84. The van der Waals surface area contributed by atoms with E-state index in [1.54, 1.807) is 0 Å². The van der Waals surface area contributed by atoms with Crippen LogP contribution in [0.5, 0.6) is 0 Å². The molecule has 1 aromatic heterocycles. The van der Waals surface area contributed by atoms with Crippen LogP contribution in [0.1, 0.15) is 23.2 Å². The fourth-order valence-electron chi connectivity index (χ4n) is 1.15. The minimum atomic E-state index is -2.63. The van der Waals surface area contributed by atoms with Gasteiger partial charge in [0.05, 0.1) is 12.5 Å². The van der Waals surface area contributed by atoms with E-state index in [4.69, 9.17) is 11.0 Å². The fourth-order valence-corrected chi connectivity index (χ4v) is 1.15. The first-order chi connectivity index (χ1) is 6.56. The Kier molecular flexibility index (Phi) is 2.97. The molecule has 0 saturated heterocycles. The van der Waals surface area contributed by atoms with Gasteiger partial charge in [-0.2, -0.15) is 5.26 Å². The normalized spacial score (nSPS) is 10.2. The summed E-state index contributed by atoms with van der Waals surface area (Å²) in [6, 6.07) is 3.37. The number of nitrogens with zero attached hydrogens (tertiary/aromatic N) is 2. The molecular formula is C9H9F2N3. The van der Waals surface area contributed by atoms with Crippen molar-refractivity contribution in [2.24, 2.45) is 0 Å². The summed E-state index contributed by atoms with van der Waals surface area (Å²) in [5.41, 5.74) is 5.96. The molecular weight excluding hydrogens is 188 g/mol. The van der Waals surface area contributed by atoms with Crippen LogP contribution in [-0.2, 0) is 6.42 Å². The second-order valence-electron chi connectivity index (χ2n) is 2.87. The zero-order valence-corrected chi connectivity index (χ0v) is 7.59. The summed E-state index contributed by atoms with van der Waals surface area (Å²) in [7, 11) is 0. The fraction of sp³-hybridized carbons (Fsp3) is 0.333. The third kappa shape index (κ3) is 1.96. The number of pyridine rings is 1. The van der Waals surface area contributed by atoms with Crippen molar-refractivity contribution in [2.75, 3.05) is 5.73 Å². The number of nitrogens with two attached hydrogens (primary N) is 1. The van der Waals surface area contributed by atoms with Gasteiger partial charge in [0.25, 0.3) is 6.43 Å². The number of nitrogen functional groups attached to an aromatic ring is 1. The van der Waals surface area contributed by atoms with E-state index in [2.05, 4.69) is 4.98 Å². The predicted molar refractivity (Wildman–Crippen MR) is 47.7 cm³/mol. The molecule has 0 fully saturated rings. The zero-order chi connectivity index (χ0) is 10.7. The van der Waals surface area contributed by atoms with Gasteiger partial charge in [-0.25, -0.2) is 13.8 Å². The summed E-state index contributed by atoms with van der Waals surface area (Å²) in [5.74, 6) is 0.00690. The average Bonchev–Trinajstić information content (AvgIpc) is 2.10. The van der Waals surface area contributed by atoms with E-state index in [0.717, 1.165) is 0 Å². The van der Waals surface area contributed by atoms with Gasteiger partial charge in [-0.15, -0.1) is 0 Å². The molecule has 0 aliphatic heterocycles. The number of anilines is 1. The molecule has 0 radical (unpaired) electrons. The number of rotatable bonds is 2. The molecule has 3 nitrogen and oxygen atoms in total. The van der Waals surface area contributed by atoms with E-state index in [9.17, 15) is 8.78 Å². The topological polar surface area (TPSA) is 62.7 Å². The largest absolute Gasteiger partial charge is 0.383 e. The minimum Gasteiger partial charge on any atom is -0.383 e. The summed E-state index contributed by atoms with van der Waals surface area (Å²) < 4.78 is 24.7. The summed E-state index contributed by atoms with van der Waals surface area (Å²) in [6.45, 7) is 1.52. The third-order valence-corrected chi connectivity index (χ3v) is 1.84. The van der Waals surface area contributed by atoms with Crippen molar-refractivity contribution >= 4 is 5.82 Å². The molecule has 74 valence electrons. The quantitative estimate of drug-likeness (QED) is 0.788. The molecule has 0 aliphatic carbocycles. The number of aromatic nitrogens is 1. The predicted octanol–water partition coefficient (Wildman–Crippen LogP) is 1.98. The molecule has 0 aliphatic rings. The van der Waals surface area contributed by atoms with Crippen LogP contribution in [0.25, 0.3) is 0 Å². The van der Waals surface area contributed by atoms with E-state index < -0.39 is 6.43 Å². The standard InChI is InChI=1S/C9H9F2N3/c1-5-4-6(2-3-12)9(13)14-7(5)8(10)11/h4,8H,2H2,1H3,(H2,13,14). The van der Waals surface area contributed by atoms with E-state index in [1.807, 2.05) is 6.07 Å². The number of hydrogen-bond donors (Lipinski definition) is 1. The maximum Gasteiger partial charge on any atom is 0.280 e. The summed E-state index contributed by atoms with van der Waals surface area (Å²) >= 11 is 0. The monoisotopic (exact) mass is 197 g/mol. The Morgan fingerprint density at radius 2 is 2.29 bits per heavy atom. The maximum atomic E-state index is 12.3. The van der Waals surface area contributed by atoms with E-state index in [-0.39, 0.29) is 17.9 Å². The molecule has 0 unspecified atom stereocenters. The molecule has 1 aromatic rings. The molecule has 0 spiro atoms. The van der Waals surface area contributed by atoms with Crippen molar-refractivity contribution in [2.45, 2.75) is 19.8 Å². The number of aryl methyl sites for hydroxylation is 1. The van der Waals surface area contributed by atoms with Crippen LogP contribution in [0.4, 0.5) is 14.6 Å². The molecule has 0 bridgehead atoms. The Hall–Kier alpha value is -1.70. The lowest BCUT2D eigenvalue weighted by molar-refractivity contribution is 0.145. The Bertz CT molecular complexity index is 382. The Morgan fingerprint density at radius 1 is 1.64 bits per heavy atom. The highest BCUT2D eigenvalue weighted by Gasteiger charge is 2.14. The van der Waals surface area contributed by atoms with Gasteiger partial charge in [0.15, 0.2) is 0 Å². The molecule has 0 amide bonds. The van der Waals surface area contributed by atoms with Crippen molar-refractivity contribution in [3.63, 3.8) is 0 Å². The average molecular weight is 197 g/mol. The summed E-state index contributed by atoms with van der Waals surface area (Å²) in [4.78, 5) is 3.57. The van der Waals surface area contributed by atoms with Crippen LogP contribution in [0.3, 0.4) is 0 Å². The van der Waals surface area contributed by atoms with Crippen molar-refractivity contribution in [3.05, 3.63) is 22.9 Å². The maximum absolute atomic E-state index is 12.3. The lowest BCUT2D eigenvalue weighted by Crippen LogP contribution is -2.03. The zero-order valence-electron chi connectivity index (χ0n) is 7.59. The van der Waals surface area contributed by atoms with Crippen LogP contribution < -0.4 is 5.73 Å². The Balaban J connectivity index is 3.18. The Labute approximate surface area is 80.2 Å². The first kappa shape index (κ1) is 10.4.